The van der Waals surface area contributed by atoms with Crippen LogP contribution in [0.25, 0.3) is 0 Å². The molecule has 26 heavy (non-hydrogen) atoms. The van der Waals surface area contributed by atoms with Crippen molar-refractivity contribution in [3.8, 4) is 0 Å². The van der Waals surface area contributed by atoms with Crippen molar-refractivity contribution in [3.63, 3.8) is 0 Å². The minimum atomic E-state index is -3.64. The van der Waals surface area contributed by atoms with Crippen molar-refractivity contribution in [2.75, 3.05) is 26.3 Å². The quantitative estimate of drug-likeness (QED) is 0.649. The summed E-state index contributed by atoms with van der Waals surface area (Å²) >= 11 is 0. The van der Waals surface area contributed by atoms with Crippen molar-refractivity contribution < 1.29 is 27.9 Å². The van der Waals surface area contributed by atoms with Gasteiger partial charge in [-0.3, -0.25) is 4.79 Å². The van der Waals surface area contributed by atoms with E-state index in [9.17, 15) is 18.0 Å². The zero-order chi connectivity index (χ0) is 19.2. The number of aliphatic carboxylic acids is 1. The first-order chi connectivity index (χ1) is 12.3. The van der Waals surface area contributed by atoms with Gasteiger partial charge in [-0.1, -0.05) is 12.5 Å². The maximum Gasteiger partial charge on any atom is 0.329 e. The minimum Gasteiger partial charge on any atom is -0.480 e. The standard InChI is InChI=1S/C17H24N2O6S/c1-13-5-2-3-9-19(13)26(23,24)15-7-4-6-14(11-15)17(22)18-8-10-25-12-16(20)21/h4,6-7,11,13H,2-3,5,8-10,12H2,1H3,(H,18,22)(H,20,21). The zero-order valence-electron chi connectivity index (χ0n) is 14.7. The highest BCUT2D eigenvalue weighted by Gasteiger charge is 2.31. The molecule has 1 amide bonds. The molecule has 1 aromatic rings. The van der Waals surface area contributed by atoms with Crippen molar-refractivity contribution in [2.45, 2.75) is 37.1 Å². The second-order valence-electron chi connectivity index (χ2n) is 6.19. The Morgan fingerprint density at radius 3 is 2.81 bits per heavy atom. The third-order valence-electron chi connectivity index (χ3n) is 4.20. The maximum atomic E-state index is 12.9. The molecule has 0 radical (unpaired) electrons. The summed E-state index contributed by atoms with van der Waals surface area (Å²) < 4.78 is 32.0. The Morgan fingerprint density at radius 2 is 2.12 bits per heavy atom. The second kappa shape index (κ2) is 9.11. The van der Waals surface area contributed by atoms with Crippen LogP contribution >= 0.6 is 0 Å². The van der Waals surface area contributed by atoms with Gasteiger partial charge in [0.2, 0.25) is 10.0 Å². The van der Waals surface area contributed by atoms with Crippen LogP contribution in [-0.2, 0) is 19.6 Å². The number of carboxylic acids is 1. The third-order valence-corrected chi connectivity index (χ3v) is 6.21. The van der Waals surface area contributed by atoms with Crippen LogP contribution in [0, 0.1) is 0 Å². The largest absolute Gasteiger partial charge is 0.480 e. The first kappa shape index (κ1) is 20.3. The van der Waals surface area contributed by atoms with Gasteiger partial charge in [-0.25, -0.2) is 13.2 Å². The molecular formula is C17H24N2O6S. The number of hydrogen-bond acceptors (Lipinski definition) is 5. The summed E-state index contributed by atoms with van der Waals surface area (Å²) in [5, 5.41) is 11.0. The number of carboxylic acid groups (broad SMARTS) is 1. The van der Waals surface area contributed by atoms with E-state index < -0.39 is 28.5 Å². The highest BCUT2D eigenvalue weighted by Crippen LogP contribution is 2.25. The Kier molecular flexibility index (Phi) is 7.13. The van der Waals surface area contributed by atoms with E-state index in [4.69, 9.17) is 9.84 Å². The van der Waals surface area contributed by atoms with Crippen LogP contribution in [0.2, 0.25) is 0 Å². The number of nitrogens with one attached hydrogen (secondary N) is 1. The van der Waals surface area contributed by atoms with Crippen LogP contribution in [0.15, 0.2) is 29.2 Å². The number of nitrogens with zero attached hydrogens (tertiary/aromatic N) is 1. The van der Waals surface area contributed by atoms with Crippen molar-refractivity contribution in [2.24, 2.45) is 0 Å². The molecule has 9 heteroatoms. The van der Waals surface area contributed by atoms with E-state index >= 15 is 0 Å². The number of rotatable bonds is 8. The molecule has 1 saturated heterocycles. The summed E-state index contributed by atoms with van der Waals surface area (Å²) in [5.41, 5.74) is 0.231. The number of sulfonamides is 1. The fourth-order valence-corrected chi connectivity index (χ4v) is 4.61. The van der Waals surface area contributed by atoms with Crippen molar-refractivity contribution in [1.82, 2.24) is 9.62 Å². The number of benzene rings is 1. The van der Waals surface area contributed by atoms with Gasteiger partial charge in [0.05, 0.1) is 11.5 Å². The van der Waals surface area contributed by atoms with E-state index in [1.54, 1.807) is 0 Å². The highest BCUT2D eigenvalue weighted by atomic mass is 32.2. The molecule has 1 aromatic carbocycles. The number of ether oxygens (including phenoxy) is 1. The fraction of sp³-hybridized carbons (Fsp3) is 0.529. The van der Waals surface area contributed by atoms with Crippen LogP contribution in [0.3, 0.4) is 0 Å². The van der Waals surface area contributed by atoms with E-state index in [0.717, 1.165) is 19.3 Å². The van der Waals surface area contributed by atoms with Gasteiger partial charge in [-0.15, -0.1) is 0 Å². The van der Waals surface area contributed by atoms with E-state index in [2.05, 4.69) is 5.32 Å². The molecule has 0 aromatic heterocycles. The summed E-state index contributed by atoms with van der Waals surface area (Å²) in [6.07, 6.45) is 2.68. The summed E-state index contributed by atoms with van der Waals surface area (Å²) in [6.45, 7) is 2.14. The Balaban J connectivity index is 2.02. The van der Waals surface area contributed by atoms with Gasteiger partial charge >= 0.3 is 5.97 Å². The number of hydrogen-bond donors (Lipinski definition) is 2. The highest BCUT2D eigenvalue weighted by molar-refractivity contribution is 7.89. The molecule has 1 heterocycles. The Hall–Kier alpha value is -1.97. The molecule has 1 aliphatic rings. The number of piperidine rings is 1. The molecule has 1 atom stereocenters. The third kappa shape index (κ3) is 5.26. The van der Waals surface area contributed by atoms with Gasteiger partial charge in [0.25, 0.3) is 5.91 Å². The van der Waals surface area contributed by atoms with Gasteiger partial charge in [0.15, 0.2) is 0 Å². The lowest BCUT2D eigenvalue weighted by Gasteiger charge is -2.32. The molecule has 1 fully saturated rings. The normalized spacial score (nSPS) is 18.4. The lowest BCUT2D eigenvalue weighted by Crippen LogP contribution is -2.42. The first-order valence-electron chi connectivity index (χ1n) is 8.52. The van der Waals surface area contributed by atoms with Gasteiger partial charge < -0.3 is 15.2 Å². The monoisotopic (exact) mass is 384 g/mol. The van der Waals surface area contributed by atoms with Crippen molar-refractivity contribution in [3.05, 3.63) is 29.8 Å². The molecule has 0 saturated carbocycles. The Morgan fingerprint density at radius 1 is 1.35 bits per heavy atom. The number of amides is 1. The second-order valence-corrected chi connectivity index (χ2v) is 8.08. The van der Waals surface area contributed by atoms with E-state index in [0.29, 0.717) is 6.54 Å². The average Bonchev–Trinajstić information content (AvgIpc) is 2.61. The van der Waals surface area contributed by atoms with Crippen molar-refractivity contribution in [1.29, 1.82) is 0 Å². The van der Waals surface area contributed by atoms with Crippen LogP contribution in [-0.4, -0.2) is 62.1 Å². The van der Waals surface area contributed by atoms with Gasteiger partial charge in [-0.05, 0) is 38.0 Å². The minimum absolute atomic E-state index is 0.0569. The molecule has 1 aliphatic heterocycles. The summed E-state index contributed by atoms with van der Waals surface area (Å²) in [7, 11) is -3.64. The van der Waals surface area contributed by atoms with Crippen LogP contribution in [0.5, 0.6) is 0 Å². The number of carbonyl (C=O) groups excluding carboxylic acids is 1. The fourth-order valence-electron chi connectivity index (χ4n) is 2.86. The lowest BCUT2D eigenvalue weighted by atomic mass is 10.1. The zero-order valence-corrected chi connectivity index (χ0v) is 15.5. The molecule has 1 unspecified atom stereocenters. The van der Waals surface area contributed by atoms with Crippen LogP contribution in [0.4, 0.5) is 0 Å². The first-order valence-corrected chi connectivity index (χ1v) is 9.96. The average molecular weight is 384 g/mol. The molecule has 2 N–H and O–H groups in total. The van der Waals surface area contributed by atoms with Crippen LogP contribution < -0.4 is 5.32 Å². The van der Waals surface area contributed by atoms with Crippen molar-refractivity contribution >= 4 is 21.9 Å². The maximum absolute atomic E-state index is 12.9. The smallest absolute Gasteiger partial charge is 0.329 e. The predicted octanol–water partition coefficient (Wildman–Crippen LogP) is 1.08. The van der Waals surface area contributed by atoms with E-state index in [1.165, 1.54) is 28.6 Å². The molecular weight excluding hydrogens is 360 g/mol. The van der Waals surface area contributed by atoms with E-state index in [-0.39, 0.29) is 29.7 Å². The molecule has 0 spiro atoms. The van der Waals surface area contributed by atoms with E-state index in [1.807, 2.05) is 6.92 Å². The molecule has 144 valence electrons. The molecule has 8 nitrogen and oxygen atoms in total. The summed E-state index contributed by atoms with van der Waals surface area (Å²) in [6, 6.07) is 5.87. The van der Waals surface area contributed by atoms with Gasteiger partial charge in [0, 0.05) is 24.7 Å². The molecule has 2 rings (SSSR count). The summed E-state index contributed by atoms with van der Waals surface area (Å²) in [5.74, 6) is -1.52. The Bertz CT molecular complexity index is 749. The van der Waals surface area contributed by atoms with Crippen LogP contribution in [0.1, 0.15) is 36.5 Å². The SMILES string of the molecule is CC1CCCCN1S(=O)(=O)c1cccc(C(=O)NCCOCC(=O)O)c1. The van der Waals surface area contributed by atoms with Gasteiger partial charge in [0.1, 0.15) is 6.61 Å². The summed E-state index contributed by atoms with van der Waals surface area (Å²) in [4.78, 5) is 22.6. The number of carbonyl (C=O) groups is 2. The molecule has 0 bridgehead atoms. The topological polar surface area (TPSA) is 113 Å². The lowest BCUT2D eigenvalue weighted by molar-refractivity contribution is -0.142. The van der Waals surface area contributed by atoms with Gasteiger partial charge in [-0.2, -0.15) is 4.31 Å². The molecule has 0 aliphatic carbocycles. The predicted molar refractivity (Wildman–Crippen MR) is 94.4 cm³/mol. The Labute approximate surface area is 153 Å².